The average molecular weight is 426 g/mol. The molecule has 162 valence electrons. The van der Waals surface area contributed by atoms with Gasteiger partial charge in [-0.1, -0.05) is 12.1 Å². The van der Waals surface area contributed by atoms with E-state index in [2.05, 4.69) is 4.98 Å². The normalized spacial score (nSPS) is 14.2. The fourth-order valence-electron chi connectivity index (χ4n) is 2.92. The maximum absolute atomic E-state index is 14.0. The number of aromatic nitrogens is 1. The molecule has 2 aromatic rings. The highest BCUT2D eigenvalue weighted by molar-refractivity contribution is 5.96. The molecule has 9 heteroatoms. The predicted octanol–water partition coefficient (Wildman–Crippen LogP) is 3.26. The minimum atomic E-state index is -0.640. The van der Waals surface area contributed by atoms with E-state index < -0.39 is 17.5 Å². The molecule has 3 rings (SSSR count). The van der Waals surface area contributed by atoms with Gasteiger partial charge in [0, 0.05) is 24.7 Å². The number of hydrogen-bond acceptors (Lipinski definition) is 6. The number of ether oxygens (including phenoxy) is 2. The van der Waals surface area contributed by atoms with Crippen molar-refractivity contribution < 1.29 is 23.5 Å². The Morgan fingerprint density at radius 2 is 2.03 bits per heavy atom. The summed E-state index contributed by atoms with van der Waals surface area (Å²) in [4.78, 5) is 31.9. The fourth-order valence-corrected chi connectivity index (χ4v) is 2.92. The molecule has 0 atom stereocenters. The fraction of sp³-hybridized carbons (Fsp3) is 0.364. The number of benzene rings is 1. The van der Waals surface area contributed by atoms with Crippen LogP contribution in [0.1, 0.15) is 31.9 Å². The number of amides is 2. The third-order valence-corrected chi connectivity index (χ3v) is 4.42. The first-order chi connectivity index (χ1) is 14.7. The van der Waals surface area contributed by atoms with Gasteiger partial charge in [0.2, 0.25) is 11.8 Å². The monoisotopic (exact) mass is 426 g/mol. The number of nitriles is 1. The van der Waals surface area contributed by atoms with Gasteiger partial charge in [-0.25, -0.2) is 9.18 Å². The molecular weight excluding hydrogens is 403 g/mol. The number of nitrogens with zero attached hydrogens (tertiary/aromatic N) is 4. The molecule has 1 aromatic heterocycles. The van der Waals surface area contributed by atoms with Gasteiger partial charge in [0.25, 0.3) is 0 Å². The molecule has 0 radical (unpaired) electrons. The van der Waals surface area contributed by atoms with Crippen LogP contribution in [0.4, 0.5) is 15.0 Å². The first-order valence-corrected chi connectivity index (χ1v) is 9.73. The van der Waals surface area contributed by atoms with Crippen LogP contribution in [0.5, 0.6) is 5.88 Å². The number of carbonyl (C=O) groups excluding carboxylic acids is 2. The Hall–Kier alpha value is -3.67. The van der Waals surface area contributed by atoms with Crippen molar-refractivity contribution in [3.8, 4) is 11.9 Å². The summed E-state index contributed by atoms with van der Waals surface area (Å²) in [5.74, 6) is -0.223. The lowest BCUT2D eigenvalue weighted by molar-refractivity contribution is -0.121. The van der Waals surface area contributed by atoms with Crippen LogP contribution in [-0.2, 0) is 16.1 Å². The average Bonchev–Trinajstić information content (AvgIpc) is 2.71. The van der Waals surface area contributed by atoms with E-state index in [0.29, 0.717) is 12.4 Å². The van der Waals surface area contributed by atoms with Crippen LogP contribution in [0, 0.1) is 17.1 Å². The van der Waals surface area contributed by atoms with Crippen molar-refractivity contribution in [3.63, 3.8) is 0 Å². The molecule has 1 fully saturated rings. The van der Waals surface area contributed by atoms with Gasteiger partial charge in [0.15, 0.2) is 0 Å². The van der Waals surface area contributed by atoms with Crippen molar-refractivity contribution in [3.05, 3.63) is 53.3 Å². The quantitative estimate of drug-likeness (QED) is 0.745. The predicted molar refractivity (Wildman–Crippen MR) is 110 cm³/mol. The summed E-state index contributed by atoms with van der Waals surface area (Å²) < 4.78 is 24.9. The highest BCUT2D eigenvalue weighted by Crippen LogP contribution is 2.21. The number of piperazine rings is 1. The molecule has 8 nitrogen and oxygen atoms in total. The Kier molecular flexibility index (Phi) is 6.39. The van der Waals surface area contributed by atoms with E-state index in [4.69, 9.17) is 14.7 Å². The van der Waals surface area contributed by atoms with Gasteiger partial charge in [-0.2, -0.15) is 10.2 Å². The molecule has 0 spiro atoms. The molecule has 2 heterocycles. The molecule has 0 aliphatic carbocycles. The molecule has 0 saturated carbocycles. The van der Waals surface area contributed by atoms with Crippen LogP contribution in [0.15, 0.2) is 36.4 Å². The van der Waals surface area contributed by atoms with E-state index in [1.54, 1.807) is 39.0 Å². The van der Waals surface area contributed by atoms with E-state index in [0.717, 1.165) is 6.07 Å². The summed E-state index contributed by atoms with van der Waals surface area (Å²) in [6.07, 6.45) is -0.532. The third-order valence-electron chi connectivity index (χ3n) is 4.42. The molecule has 1 aromatic carbocycles. The lowest BCUT2D eigenvalue weighted by atomic mass is 10.1. The maximum Gasteiger partial charge on any atom is 0.410 e. The van der Waals surface area contributed by atoms with Crippen LogP contribution < -0.4 is 9.64 Å². The Labute approximate surface area is 179 Å². The van der Waals surface area contributed by atoms with E-state index in [1.165, 1.54) is 21.9 Å². The summed E-state index contributed by atoms with van der Waals surface area (Å²) >= 11 is 0. The van der Waals surface area contributed by atoms with E-state index in [9.17, 15) is 14.0 Å². The molecule has 1 aliphatic rings. The summed E-state index contributed by atoms with van der Waals surface area (Å²) in [5, 5.41) is 8.81. The zero-order chi connectivity index (χ0) is 22.6. The molecule has 1 aliphatic heterocycles. The van der Waals surface area contributed by atoms with E-state index >= 15 is 0 Å². The lowest BCUT2D eigenvalue weighted by Crippen LogP contribution is -2.53. The topological polar surface area (TPSA) is 95.8 Å². The molecule has 2 amide bonds. The largest absolute Gasteiger partial charge is 0.473 e. The first kappa shape index (κ1) is 22.0. The van der Waals surface area contributed by atoms with E-state index in [-0.39, 0.29) is 42.6 Å². The SMILES string of the molecule is CC(C)(C)OC(=O)N1CCN(c2cccc(OCc3ccc(C#N)cc3F)n2)C(=O)C1. The number of carbonyl (C=O) groups is 2. The minimum absolute atomic E-state index is 0.0750. The Bertz CT molecular complexity index is 1030. The lowest BCUT2D eigenvalue weighted by Gasteiger charge is -2.34. The Morgan fingerprint density at radius 1 is 1.26 bits per heavy atom. The smallest absolute Gasteiger partial charge is 0.410 e. The van der Waals surface area contributed by atoms with Crippen molar-refractivity contribution in [2.75, 3.05) is 24.5 Å². The van der Waals surface area contributed by atoms with Gasteiger partial charge in [-0.15, -0.1) is 0 Å². The summed E-state index contributed by atoms with van der Waals surface area (Å²) in [6, 6.07) is 11.0. The van der Waals surface area contributed by atoms with Gasteiger partial charge in [-0.3, -0.25) is 14.6 Å². The number of rotatable bonds is 4. The van der Waals surface area contributed by atoms with Gasteiger partial charge >= 0.3 is 6.09 Å². The Balaban J connectivity index is 1.63. The number of hydrogen-bond donors (Lipinski definition) is 0. The number of halogens is 1. The van der Waals surface area contributed by atoms with Crippen LogP contribution in [-0.4, -0.2) is 47.1 Å². The molecule has 0 unspecified atom stereocenters. The second kappa shape index (κ2) is 9.00. The highest BCUT2D eigenvalue weighted by atomic mass is 19.1. The van der Waals surface area contributed by atoms with Crippen molar-refractivity contribution in [2.45, 2.75) is 33.0 Å². The van der Waals surface area contributed by atoms with Crippen molar-refractivity contribution in [1.29, 1.82) is 5.26 Å². The summed E-state index contributed by atoms with van der Waals surface area (Å²) in [6.45, 7) is 5.68. The van der Waals surface area contributed by atoms with Crippen LogP contribution in [0.25, 0.3) is 0 Å². The standard InChI is InChI=1S/C22H23FN4O4/c1-22(2,3)31-21(29)26-9-10-27(20(28)13-26)18-5-4-6-19(25-18)30-14-16-8-7-15(12-24)11-17(16)23/h4-8,11H,9-10,13-14H2,1-3H3. The van der Waals surface area contributed by atoms with Gasteiger partial charge in [0.05, 0.1) is 11.6 Å². The number of pyridine rings is 1. The molecule has 0 bridgehead atoms. The summed E-state index contributed by atoms with van der Waals surface area (Å²) in [7, 11) is 0. The van der Waals surface area contributed by atoms with E-state index in [1.807, 2.05) is 6.07 Å². The molecule has 1 saturated heterocycles. The van der Waals surface area contributed by atoms with Crippen LogP contribution >= 0.6 is 0 Å². The van der Waals surface area contributed by atoms with Crippen molar-refractivity contribution in [2.24, 2.45) is 0 Å². The van der Waals surface area contributed by atoms with Gasteiger partial charge in [-0.05, 0) is 39.0 Å². The van der Waals surface area contributed by atoms with Gasteiger partial charge in [0.1, 0.15) is 30.4 Å². The third kappa shape index (κ3) is 5.69. The molecule has 0 N–H and O–H groups in total. The summed E-state index contributed by atoms with van der Waals surface area (Å²) in [5.41, 5.74) is -0.127. The first-order valence-electron chi connectivity index (χ1n) is 9.73. The van der Waals surface area contributed by atoms with Crippen molar-refractivity contribution in [1.82, 2.24) is 9.88 Å². The van der Waals surface area contributed by atoms with Crippen LogP contribution in [0.2, 0.25) is 0 Å². The Morgan fingerprint density at radius 3 is 2.68 bits per heavy atom. The number of anilines is 1. The zero-order valence-electron chi connectivity index (χ0n) is 17.6. The molecular formula is C22H23FN4O4. The minimum Gasteiger partial charge on any atom is -0.473 e. The second-order valence-electron chi connectivity index (χ2n) is 7.99. The van der Waals surface area contributed by atoms with Crippen molar-refractivity contribution >= 4 is 17.8 Å². The zero-order valence-corrected chi connectivity index (χ0v) is 17.6. The maximum atomic E-state index is 14.0. The highest BCUT2D eigenvalue weighted by Gasteiger charge is 2.31. The second-order valence-corrected chi connectivity index (χ2v) is 7.99. The van der Waals surface area contributed by atoms with Crippen LogP contribution in [0.3, 0.4) is 0 Å². The van der Waals surface area contributed by atoms with Gasteiger partial charge < -0.3 is 9.47 Å². The molecule has 31 heavy (non-hydrogen) atoms.